The van der Waals surface area contributed by atoms with Crippen molar-refractivity contribution in [1.82, 2.24) is 23.3 Å². The molecule has 6 nitrogen and oxygen atoms in total. The molecule has 304 valence electrons. The zero-order chi connectivity index (χ0) is 42.7. The second-order valence-electron chi connectivity index (χ2n) is 17.8. The standard InChI is InChI=1S/C58H41N5O/c1-58(2,3)37-29-31-59-53(34-37)61-47-23-10-8-21-44(47)45-28-27-39(35-52(45)61)64-38-16-14-15-36(33-38)56-55-51(30-32-60-56)63-49-25-12-7-20-43(49)41-18-5-4-17-40(41)42-19-6-11-24-48(42)62-50-26-13-9-22-46(50)54(55)57(62)63/h4-35H,1-3H3. The van der Waals surface area contributed by atoms with Crippen LogP contribution in [0.2, 0.25) is 0 Å². The molecule has 0 amide bonds. The van der Waals surface area contributed by atoms with Crippen molar-refractivity contribution in [2.75, 3.05) is 0 Å². The fourth-order valence-corrected chi connectivity index (χ4v) is 10.2. The Labute approximate surface area is 368 Å². The topological polar surface area (TPSA) is 48.8 Å². The summed E-state index contributed by atoms with van der Waals surface area (Å²) >= 11 is 0. The van der Waals surface area contributed by atoms with Crippen LogP contribution in [0.3, 0.4) is 0 Å². The molecule has 0 fully saturated rings. The number of para-hydroxylation sites is 4. The van der Waals surface area contributed by atoms with Crippen molar-refractivity contribution in [2.45, 2.75) is 26.2 Å². The molecule has 6 heteroatoms. The van der Waals surface area contributed by atoms with E-state index < -0.39 is 0 Å². The van der Waals surface area contributed by atoms with Gasteiger partial charge in [-0.1, -0.05) is 130 Å². The summed E-state index contributed by atoms with van der Waals surface area (Å²) in [4.78, 5) is 10.1. The molecule has 0 aliphatic carbocycles. The molecular weight excluding hydrogens is 783 g/mol. The maximum atomic E-state index is 6.82. The van der Waals surface area contributed by atoms with Crippen molar-refractivity contribution < 1.29 is 4.74 Å². The third-order valence-electron chi connectivity index (χ3n) is 13.1. The molecule has 0 radical (unpaired) electrons. The molecular formula is C58H41N5O. The van der Waals surface area contributed by atoms with E-state index in [1.807, 2.05) is 18.5 Å². The monoisotopic (exact) mass is 823 g/mol. The first kappa shape index (κ1) is 36.4. The molecule has 13 rings (SSSR count). The summed E-state index contributed by atoms with van der Waals surface area (Å²) in [6, 6.07) is 65.0. The van der Waals surface area contributed by atoms with E-state index in [1.165, 1.54) is 37.9 Å². The molecule has 6 aromatic heterocycles. The van der Waals surface area contributed by atoms with Crippen molar-refractivity contribution in [3.05, 3.63) is 200 Å². The van der Waals surface area contributed by atoms with Gasteiger partial charge in [0.05, 0.1) is 38.8 Å². The average Bonchev–Trinajstić information content (AvgIpc) is 3.97. The van der Waals surface area contributed by atoms with Crippen molar-refractivity contribution in [1.29, 1.82) is 0 Å². The Morgan fingerprint density at radius 2 is 0.953 bits per heavy atom. The molecule has 0 bridgehead atoms. The lowest BCUT2D eigenvalue weighted by Crippen LogP contribution is -2.12. The van der Waals surface area contributed by atoms with Crippen molar-refractivity contribution in [3.63, 3.8) is 0 Å². The first-order valence-electron chi connectivity index (χ1n) is 21.9. The summed E-state index contributed by atoms with van der Waals surface area (Å²) in [6.07, 6.45) is 3.87. The van der Waals surface area contributed by atoms with Crippen molar-refractivity contribution in [3.8, 4) is 28.6 Å². The van der Waals surface area contributed by atoms with Gasteiger partial charge in [0.1, 0.15) is 23.0 Å². The summed E-state index contributed by atoms with van der Waals surface area (Å²) in [5, 5.41) is 10.5. The minimum Gasteiger partial charge on any atom is -0.457 e. The zero-order valence-electron chi connectivity index (χ0n) is 35.6. The van der Waals surface area contributed by atoms with Crippen LogP contribution in [0, 0.1) is 0 Å². The smallest absolute Gasteiger partial charge is 0.137 e. The minimum absolute atomic E-state index is 0.0172. The van der Waals surface area contributed by atoms with E-state index >= 15 is 0 Å². The second-order valence-corrected chi connectivity index (χ2v) is 17.8. The van der Waals surface area contributed by atoms with E-state index in [4.69, 9.17) is 14.7 Å². The maximum absolute atomic E-state index is 6.82. The highest BCUT2D eigenvalue weighted by Gasteiger charge is 2.24. The van der Waals surface area contributed by atoms with E-state index in [9.17, 15) is 0 Å². The minimum atomic E-state index is -0.0172. The molecule has 0 atom stereocenters. The highest BCUT2D eigenvalue weighted by Crippen LogP contribution is 2.44. The summed E-state index contributed by atoms with van der Waals surface area (Å²) < 4.78 is 14.0. The van der Waals surface area contributed by atoms with Crippen LogP contribution in [-0.2, 0) is 5.41 Å². The average molecular weight is 824 g/mol. The van der Waals surface area contributed by atoms with Gasteiger partial charge in [-0.25, -0.2) is 4.98 Å². The Kier molecular flexibility index (Phi) is 7.76. The van der Waals surface area contributed by atoms with Gasteiger partial charge in [-0.05, 0) is 88.5 Å². The highest BCUT2D eigenvalue weighted by atomic mass is 16.5. The number of pyridine rings is 2. The van der Waals surface area contributed by atoms with Gasteiger partial charge < -0.3 is 4.74 Å². The fourth-order valence-electron chi connectivity index (χ4n) is 10.2. The Morgan fingerprint density at radius 1 is 0.406 bits per heavy atom. The molecule has 0 unspecified atom stereocenters. The summed E-state index contributed by atoms with van der Waals surface area (Å²) in [5.41, 5.74) is 10.8. The molecule has 64 heavy (non-hydrogen) atoms. The molecule has 0 aliphatic rings. The van der Waals surface area contributed by atoms with Crippen LogP contribution >= 0.6 is 0 Å². The molecule has 6 heterocycles. The van der Waals surface area contributed by atoms with Crippen LogP contribution in [-0.4, -0.2) is 23.3 Å². The van der Waals surface area contributed by atoms with Crippen LogP contribution in [0.5, 0.6) is 11.5 Å². The van der Waals surface area contributed by atoms with Gasteiger partial charge >= 0.3 is 0 Å². The molecule has 0 aliphatic heterocycles. The van der Waals surface area contributed by atoms with Crippen LogP contribution in [0.1, 0.15) is 26.3 Å². The van der Waals surface area contributed by atoms with E-state index in [1.54, 1.807) is 0 Å². The molecule has 0 saturated carbocycles. The predicted octanol–water partition coefficient (Wildman–Crippen LogP) is 15.2. The van der Waals surface area contributed by atoms with Crippen molar-refractivity contribution >= 4 is 87.2 Å². The molecule has 0 N–H and O–H groups in total. The first-order chi connectivity index (χ1) is 31.4. The van der Waals surface area contributed by atoms with Crippen LogP contribution in [0.15, 0.2) is 194 Å². The van der Waals surface area contributed by atoms with Gasteiger partial charge in [0, 0.05) is 61.7 Å². The second kappa shape index (κ2) is 13.6. The van der Waals surface area contributed by atoms with Crippen LogP contribution < -0.4 is 4.74 Å². The van der Waals surface area contributed by atoms with E-state index in [2.05, 4.69) is 210 Å². The Bertz CT molecular complexity index is 4110. The van der Waals surface area contributed by atoms with Gasteiger partial charge in [-0.3, -0.25) is 18.4 Å². The van der Waals surface area contributed by atoms with Gasteiger partial charge in [0.25, 0.3) is 0 Å². The SMILES string of the molecule is CC(C)(C)c1ccnc(-n2c3ccccc3c3ccc(Oc4cccc(-c5nccc6c5c5c7ccccc7n7c8ccccc8c8ccccc8c8ccccc8n6c57)c4)cc32)c1. The van der Waals surface area contributed by atoms with Gasteiger partial charge in [-0.2, -0.15) is 0 Å². The van der Waals surface area contributed by atoms with E-state index in [-0.39, 0.29) is 5.41 Å². The molecule has 0 saturated heterocycles. The fraction of sp³-hybridized carbons (Fsp3) is 0.0690. The number of hydrogen-bond donors (Lipinski definition) is 0. The molecule has 7 aromatic carbocycles. The van der Waals surface area contributed by atoms with Gasteiger partial charge in [-0.15, -0.1) is 0 Å². The van der Waals surface area contributed by atoms with Gasteiger partial charge in [0.2, 0.25) is 0 Å². The Hall–Kier alpha value is -8.22. The Morgan fingerprint density at radius 3 is 1.64 bits per heavy atom. The number of ether oxygens (including phenoxy) is 1. The lowest BCUT2D eigenvalue weighted by Gasteiger charge is -2.20. The molecule has 13 aromatic rings. The first-order valence-corrected chi connectivity index (χ1v) is 21.9. The van der Waals surface area contributed by atoms with Gasteiger partial charge in [0.15, 0.2) is 0 Å². The number of aromatic nitrogens is 5. The quantitative estimate of drug-likeness (QED) is 0.178. The number of nitrogens with zero attached hydrogens (tertiary/aromatic N) is 5. The summed E-state index contributed by atoms with van der Waals surface area (Å²) in [6.45, 7) is 6.71. The van der Waals surface area contributed by atoms with Crippen LogP contribution in [0.4, 0.5) is 0 Å². The predicted molar refractivity (Wildman–Crippen MR) is 265 cm³/mol. The summed E-state index contributed by atoms with van der Waals surface area (Å²) in [5.74, 6) is 2.36. The number of fused-ring (bicyclic) bond motifs is 16. The summed E-state index contributed by atoms with van der Waals surface area (Å²) in [7, 11) is 0. The Balaban J connectivity index is 1.05. The third-order valence-corrected chi connectivity index (χ3v) is 13.1. The number of benzene rings is 7. The largest absolute Gasteiger partial charge is 0.457 e. The molecule has 0 spiro atoms. The van der Waals surface area contributed by atoms with E-state index in [0.29, 0.717) is 0 Å². The lowest BCUT2D eigenvalue weighted by atomic mass is 9.88. The maximum Gasteiger partial charge on any atom is 0.137 e. The zero-order valence-corrected chi connectivity index (χ0v) is 35.6. The number of hydrogen-bond acceptors (Lipinski definition) is 3. The third kappa shape index (κ3) is 5.32. The van der Waals surface area contributed by atoms with Crippen LogP contribution in [0.25, 0.3) is 104 Å². The number of rotatable bonds is 4. The normalized spacial score (nSPS) is 12.3. The van der Waals surface area contributed by atoms with E-state index in [0.717, 1.165) is 83.5 Å². The lowest BCUT2D eigenvalue weighted by molar-refractivity contribution is 0.483. The van der Waals surface area contributed by atoms with Crippen molar-refractivity contribution in [2.24, 2.45) is 0 Å². The highest BCUT2D eigenvalue weighted by molar-refractivity contribution is 6.27.